The lowest BCUT2D eigenvalue weighted by molar-refractivity contribution is -0.118. The molecule has 0 spiro atoms. The Morgan fingerprint density at radius 3 is 2.48 bits per heavy atom. The maximum Gasteiger partial charge on any atom is 0.338 e. The van der Waals surface area contributed by atoms with Gasteiger partial charge in [-0.1, -0.05) is 44.2 Å². The highest BCUT2D eigenvalue weighted by molar-refractivity contribution is 7.22. The second-order valence-electron chi connectivity index (χ2n) is 7.53. The van der Waals surface area contributed by atoms with Crippen molar-refractivity contribution in [2.75, 3.05) is 18.5 Å². The monoisotopic (exact) mass is 412 g/mol. The minimum Gasteiger partial charge on any atom is -0.484 e. The third kappa shape index (κ3) is 5.32. The van der Waals surface area contributed by atoms with E-state index in [1.807, 2.05) is 24.3 Å². The Kier molecular flexibility index (Phi) is 6.17. The maximum atomic E-state index is 12.2. The van der Waals surface area contributed by atoms with Gasteiger partial charge in [-0.3, -0.25) is 10.1 Å². The predicted octanol–water partition coefficient (Wildman–Crippen LogP) is 4.79. The molecule has 0 atom stereocenters. The fraction of sp³-hybridized carbons (Fsp3) is 0.318. The van der Waals surface area contributed by atoms with Crippen molar-refractivity contribution in [2.45, 2.75) is 33.1 Å². The van der Waals surface area contributed by atoms with Crippen LogP contribution in [0.4, 0.5) is 5.13 Å². The molecule has 7 heteroatoms. The van der Waals surface area contributed by atoms with Crippen LogP contribution in [0.15, 0.2) is 42.5 Å². The maximum absolute atomic E-state index is 12.2. The van der Waals surface area contributed by atoms with Crippen molar-refractivity contribution in [1.82, 2.24) is 4.98 Å². The molecule has 3 aromatic rings. The SMILES string of the molecule is CCOC(=O)c1ccc2nc(NC(=O)COc3ccc(C(C)(C)C)cc3)sc2c1. The molecule has 1 aromatic heterocycles. The summed E-state index contributed by atoms with van der Waals surface area (Å²) in [6.07, 6.45) is 0. The molecule has 0 aliphatic heterocycles. The van der Waals surface area contributed by atoms with Crippen molar-refractivity contribution in [1.29, 1.82) is 0 Å². The lowest BCUT2D eigenvalue weighted by Crippen LogP contribution is -2.20. The zero-order valence-corrected chi connectivity index (χ0v) is 17.8. The van der Waals surface area contributed by atoms with Crippen molar-refractivity contribution in [3.05, 3.63) is 53.6 Å². The van der Waals surface area contributed by atoms with E-state index in [0.717, 1.165) is 4.70 Å². The van der Waals surface area contributed by atoms with Crippen LogP contribution in [0.25, 0.3) is 10.2 Å². The smallest absolute Gasteiger partial charge is 0.338 e. The number of hydrogen-bond acceptors (Lipinski definition) is 6. The molecule has 0 fully saturated rings. The molecule has 0 aliphatic carbocycles. The largest absolute Gasteiger partial charge is 0.484 e. The van der Waals surface area contributed by atoms with Gasteiger partial charge in [0.25, 0.3) is 5.91 Å². The van der Waals surface area contributed by atoms with Gasteiger partial charge in [0.2, 0.25) is 0 Å². The van der Waals surface area contributed by atoms with Crippen molar-refractivity contribution < 1.29 is 19.1 Å². The zero-order valence-electron chi connectivity index (χ0n) is 16.9. The summed E-state index contributed by atoms with van der Waals surface area (Å²) in [6, 6.07) is 12.8. The number of amides is 1. The standard InChI is InChI=1S/C22H24N2O4S/c1-5-27-20(26)14-6-11-17-18(12-14)29-21(23-17)24-19(25)13-28-16-9-7-15(8-10-16)22(2,3)4/h6-12H,5,13H2,1-4H3,(H,23,24,25). The molecule has 2 aromatic carbocycles. The predicted molar refractivity (Wildman–Crippen MR) is 115 cm³/mol. The summed E-state index contributed by atoms with van der Waals surface area (Å²) < 4.78 is 11.4. The number of carbonyl (C=O) groups is 2. The molecular weight excluding hydrogens is 388 g/mol. The number of thiazole rings is 1. The van der Waals surface area contributed by atoms with E-state index in [2.05, 4.69) is 31.1 Å². The topological polar surface area (TPSA) is 77.5 Å². The van der Waals surface area contributed by atoms with E-state index in [9.17, 15) is 9.59 Å². The van der Waals surface area contributed by atoms with Gasteiger partial charge in [-0.25, -0.2) is 9.78 Å². The first kappa shape index (κ1) is 20.8. The van der Waals surface area contributed by atoms with Crippen molar-refractivity contribution in [2.24, 2.45) is 0 Å². The fourth-order valence-electron chi connectivity index (χ4n) is 2.67. The molecule has 0 saturated carbocycles. The number of esters is 1. The first-order valence-electron chi connectivity index (χ1n) is 9.37. The Labute approximate surface area is 173 Å². The molecule has 0 radical (unpaired) electrons. The normalized spacial score (nSPS) is 11.3. The Morgan fingerprint density at radius 1 is 1.10 bits per heavy atom. The van der Waals surface area contributed by atoms with E-state index in [1.54, 1.807) is 25.1 Å². The number of hydrogen-bond donors (Lipinski definition) is 1. The number of anilines is 1. The lowest BCUT2D eigenvalue weighted by atomic mass is 9.87. The third-order valence-corrected chi connectivity index (χ3v) is 5.17. The summed E-state index contributed by atoms with van der Waals surface area (Å²) in [6.45, 7) is 8.40. The van der Waals surface area contributed by atoms with Crippen LogP contribution in [0.1, 0.15) is 43.6 Å². The van der Waals surface area contributed by atoms with E-state index >= 15 is 0 Å². The number of aromatic nitrogens is 1. The lowest BCUT2D eigenvalue weighted by Gasteiger charge is -2.19. The summed E-state index contributed by atoms with van der Waals surface area (Å²) in [5, 5.41) is 3.19. The Bertz CT molecular complexity index is 1020. The number of benzene rings is 2. The van der Waals surface area contributed by atoms with Crippen LogP contribution in [0, 0.1) is 0 Å². The summed E-state index contributed by atoms with van der Waals surface area (Å²) in [7, 11) is 0. The zero-order chi connectivity index (χ0) is 21.0. The third-order valence-electron chi connectivity index (χ3n) is 4.24. The molecule has 0 bridgehead atoms. The number of nitrogens with zero attached hydrogens (tertiary/aromatic N) is 1. The number of fused-ring (bicyclic) bond motifs is 1. The Balaban J connectivity index is 1.60. The van der Waals surface area contributed by atoms with Gasteiger partial charge in [0.15, 0.2) is 11.7 Å². The molecule has 0 unspecified atom stereocenters. The molecule has 0 aliphatic rings. The van der Waals surface area contributed by atoms with E-state index in [1.165, 1.54) is 16.9 Å². The summed E-state index contributed by atoms with van der Waals surface area (Å²) in [5.41, 5.74) is 2.43. The van der Waals surface area contributed by atoms with Crippen LogP contribution in [-0.2, 0) is 14.9 Å². The molecular formula is C22H24N2O4S. The Hall–Kier alpha value is -2.93. The van der Waals surface area contributed by atoms with Crippen LogP contribution >= 0.6 is 11.3 Å². The van der Waals surface area contributed by atoms with E-state index in [-0.39, 0.29) is 23.9 Å². The number of ether oxygens (including phenoxy) is 2. The van der Waals surface area contributed by atoms with Gasteiger partial charge < -0.3 is 9.47 Å². The summed E-state index contributed by atoms with van der Waals surface area (Å²) in [5.74, 6) is -0.0367. The minimum absolute atomic E-state index is 0.0654. The van der Waals surface area contributed by atoms with Crippen molar-refractivity contribution in [3.63, 3.8) is 0 Å². The first-order valence-corrected chi connectivity index (χ1v) is 10.2. The molecule has 6 nitrogen and oxygen atoms in total. The number of carbonyl (C=O) groups excluding carboxylic acids is 2. The first-order chi connectivity index (χ1) is 13.8. The molecule has 29 heavy (non-hydrogen) atoms. The highest BCUT2D eigenvalue weighted by Crippen LogP contribution is 2.27. The van der Waals surface area contributed by atoms with Gasteiger partial charge >= 0.3 is 5.97 Å². The van der Waals surface area contributed by atoms with Crippen LogP contribution in [0.3, 0.4) is 0 Å². The Morgan fingerprint density at radius 2 is 1.83 bits per heavy atom. The van der Waals surface area contributed by atoms with Crippen molar-refractivity contribution in [3.8, 4) is 5.75 Å². The molecule has 1 N–H and O–H groups in total. The number of nitrogens with one attached hydrogen (secondary N) is 1. The van der Waals surface area contributed by atoms with Gasteiger partial charge in [-0.2, -0.15) is 0 Å². The van der Waals surface area contributed by atoms with Crippen LogP contribution in [-0.4, -0.2) is 30.1 Å². The average Bonchev–Trinajstić information content (AvgIpc) is 3.07. The van der Waals surface area contributed by atoms with Gasteiger partial charge in [0.05, 0.1) is 22.4 Å². The van der Waals surface area contributed by atoms with Gasteiger partial charge in [0, 0.05) is 0 Å². The van der Waals surface area contributed by atoms with Gasteiger partial charge in [0.1, 0.15) is 5.75 Å². The second-order valence-corrected chi connectivity index (χ2v) is 8.56. The molecule has 0 saturated heterocycles. The van der Waals surface area contributed by atoms with Crippen LogP contribution in [0.5, 0.6) is 5.75 Å². The van der Waals surface area contributed by atoms with E-state index in [4.69, 9.17) is 9.47 Å². The number of rotatable bonds is 6. The fourth-order valence-corrected chi connectivity index (χ4v) is 3.60. The van der Waals surface area contributed by atoms with E-state index in [0.29, 0.717) is 28.6 Å². The van der Waals surface area contributed by atoms with Crippen LogP contribution < -0.4 is 10.1 Å². The summed E-state index contributed by atoms with van der Waals surface area (Å²) in [4.78, 5) is 28.4. The minimum atomic E-state index is -0.376. The van der Waals surface area contributed by atoms with Gasteiger partial charge in [-0.05, 0) is 48.2 Å². The van der Waals surface area contributed by atoms with Crippen molar-refractivity contribution >= 4 is 38.6 Å². The molecule has 1 amide bonds. The quantitative estimate of drug-likeness (QED) is 0.589. The van der Waals surface area contributed by atoms with Crippen LogP contribution in [0.2, 0.25) is 0 Å². The van der Waals surface area contributed by atoms with E-state index < -0.39 is 0 Å². The van der Waals surface area contributed by atoms with Gasteiger partial charge in [-0.15, -0.1) is 0 Å². The second kappa shape index (κ2) is 8.61. The average molecular weight is 413 g/mol. The highest BCUT2D eigenvalue weighted by Gasteiger charge is 2.14. The molecule has 1 heterocycles. The highest BCUT2D eigenvalue weighted by atomic mass is 32.1. The molecule has 3 rings (SSSR count). The molecule has 152 valence electrons. The summed E-state index contributed by atoms with van der Waals surface area (Å²) >= 11 is 1.30.